The maximum atomic E-state index is 13.1. The highest BCUT2D eigenvalue weighted by atomic mass is 32.2. The van der Waals surface area contributed by atoms with Crippen molar-refractivity contribution in [3.8, 4) is 0 Å². The van der Waals surface area contributed by atoms with Gasteiger partial charge in [0, 0.05) is 49.7 Å². The number of rotatable bonds is 5. The zero-order valence-electron chi connectivity index (χ0n) is 15.6. The zero-order valence-corrected chi connectivity index (χ0v) is 16.5. The molecule has 7 nitrogen and oxygen atoms in total. The molecule has 1 saturated carbocycles. The Morgan fingerprint density at radius 1 is 1.38 bits per heavy atom. The molecule has 2 aliphatic rings. The number of ether oxygens (including phenoxy) is 1. The highest BCUT2D eigenvalue weighted by Crippen LogP contribution is 2.45. The number of nitrogens with zero attached hydrogens (tertiary/aromatic N) is 4. The van der Waals surface area contributed by atoms with E-state index in [1.165, 1.54) is 0 Å². The lowest BCUT2D eigenvalue weighted by molar-refractivity contribution is 0.0285. The van der Waals surface area contributed by atoms with E-state index in [0.29, 0.717) is 18.7 Å². The van der Waals surface area contributed by atoms with Gasteiger partial charge < -0.3 is 19.2 Å². The van der Waals surface area contributed by atoms with Gasteiger partial charge >= 0.3 is 0 Å². The van der Waals surface area contributed by atoms with E-state index >= 15 is 0 Å². The number of anilines is 1. The van der Waals surface area contributed by atoms with Crippen LogP contribution in [0.1, 0.15) is 33.1 Å². The monoisotopic (exact) mass is 377 g/mol. The van der Waals surface area contributed by atoms with Gasteiger partial charge in [-0.2, -0.15) is 0 Å². The molecule has 26 heavy (non-hydrogen) atoms. The van der Waals surface area contributed by atoms with E-state index < -0.39 is 11.4 Å². The zero-order chi connectivity index (χ0) is 18.3. The Morgan fingerprint density at radius 2 is 2.19 bits per heavy atom. The third-order valence-corrected chi connectivity index (χ3v) is 7.92. The second kappa shape index (κ2) is 6.99. The summed E-state index contributed by atoms with van der Waals surface area (Å²) in [5, 5.41) is 1.05. The summed E-state index contributed by atoms with van der Waals surface area (Å²) in [7, 11) is 2.10. The van der Waals surface area contributed by atoms with Gasteiger partial charge in [-0.15, -0.1) is 4.31 Å². The smallest absolute Gasteiger partial charge is 0.142 e. The van der Waals surface area contributed by atoms with Crippen LogP contribution in [0.15, 0.2) is 18.6 Å². The summed E-state index contributed by atoms with van der Waals surface area (Å²) in [5.74, 6) is 1.39. The summed E-state index contributed by atoms with van der Waals surface area (Å²) in [6.45, 7) is 6.38. The summed E-state index contributed by atoms with van der Waals surface area (Å²) < 4.78 is 20.3. The van der Waals surface area contributed by atoms with Crippen LogP contribution in [0.5, 0.6) is 0 Å². The Hall–Kier alpha value is -1.35. The molecule has 0 radical (unpaired) electrons. The van der Waals surface area contributed by atoms with Crippen LogP contribution in [0.4, 0.5) is 5.82 Å². The van der Waals surface area contributed by atoms with Crippen molar-refractivity contribution in [3.05, 3.63) is 18.6 Å². The van der Waals surface area contributed by atoms with E-state index in [-0.39, 0.29) is 4.75 Å². The maximum absolute atomic E-state index is 13.1. The molecule has 1 atom stereocenters. The summed E-state index contributed by atoms with van der Waals surface area (Å²) >= 11 is -1.02. The first-order valence-corrected chi connectivity index (χ1v) is 10.3. The molecule has 1 saturated heterocycles. The topological polar surface area (TPSA) is 80.3 Å². The molecular formula is C18H27N5O2S. The van der Waals surface area contributed by atoms with E-state index in [2.05, 4.69) is 40.7 Å². The second-order valence-corrected chi connectivity index (χ2v) is 9.89. The fraction of sp³-hybridized carbons (Fsp3) is 0.667. The van der Waals surface area contributed by atoms with Crippen molar-refractivity contribution in [1.29, 1.82) is 0 Å². The molecule has 0 spiro atoms. The molecule has 0 bridgehead atoms. The molecule has 4 rings (SSSR count). The SMILES string of the molecule is CN(c1ncnc2[nH]ccc12)[C@H]1C[C@@H](C(C)(C)[S+]([O-])N2CCCOC2)C1. The Balaban J connectivity index is 1.41. The minimum absolute atomic E-state index is 0.243. The quantitative estimate of drug-likeness (QED) is 0.806. The number of hydrogen-bond acceptors (Lipinski definition) is 6. The first-order valence-electron chi connectivity index (χ1n) is 9.24. The van der Waals surface area contributed by atoms with Crippen molar-refractivity contribution in [2.75, 3.05) is 31.8 Å². The van der Waals surface area contributed by atoms with Crippen molar-refractivity contribution < 1.29 is 9.29 Å². The molecule has 2 aromatic heterocycles. The first-order chi connectivity index (χ1) is 12.5. The van der Waals surface area contributed by atoms with Crippen molar-refractivity contribution in [2.24, 2.45) is 5.92 Å². The fourth-order valence-electron chi connectivity index (χ4n) is 3.96. The van der Waals surface area contributed by atoms with E-state index in [1.807, 2.05) is 16.6 Å². The molecule has 1 unspecified atom stereocenters. The Labute approximate surface area is 157 Å². The van der Waals surface area contributed by atoms with Crippen molar-refractivity contribution in [1.82, 2.24) is 19.3 Å². The number of hydrogen-bond donors (Lipinski definition) is 1. The van der Waals surface area contributed by atoms with E-state index in [4.69, 9.17) is 4.74 Å². The lowest BCUT2D eigenvalue weighted by atomic mass is 9.72. The minimum atomic E-state index is -1.02. The number of aromatic amines is 1. The molecule has 1 N–H and O–H groups in total. The lowest BCUT2D eigenvalue weighted by Gasteiger charge is -2.49. The summed E-state index contributed by atoms with van der Waals surface area (Å²) in [5.41, 5.74) is 0.865. The summed E-state index contributed by atoms with van der Waals surface area (Å²) in [6.07, 6.45) is 6.52. The van der Waals surface area contributed by atoms with Crippen LogP contribution in [0.25, 0.3) is 11.0 Å². The van der Waals surface area contributed by atoms with Gasteiger partial charge in [0.1, 0.15) is 29.3 Å². The minimum Gasteiger partial charge on any atom is -0.597 e. The van der Waals surface area contributed by atoms with E-state index in [9.17, 15) is 4.55 Å². The number of aromatic nitrogens is 3. The molecule has 8 heteroatoms. The number of fused-ring (bicyclic) bond motifs is 1. The fourth-order valence-corrected chi connectivity index (χ4v) is 5.57. The lowest BCUT2D eigenvalue weighted by Crippen LogP contribution is -2.57. The molecule has 0 aromatic carbocycles. The normalized spacial score (nSPS) is 25.8. The average molecular weight is 378 g/mol. The van der Waals surface area contributed by atoms with Crippen LogP contribution in [0, 0.1) is 5.92 Å². The molecule has 2 fully saturated rings. The van der Waals surface area contributed by atoms with Crippen LogP contribution in [0.2, 0.25) is 0 Å². The summed E-state index contributed by atoms with van der Waals surface area (Å²) in [6, 6.07) is 2.44. The van der Waals surface area contributed by atoms with Gasteiger partial charge in [0.05, 0.1) is 5.39 Å². The number of H-pyrrole nitrogens is 1. The third-order valence-electron chi connectivity index (χ3n) is 5.93. The van der Waals surface area contributed by atoms with Gasteiger partial charge in [-0.1, -0.05) is 0 Å². The van der Waals surface area contributed by atoms with Crippen molar-refractivity contribution >= 4 is 28.2 Å². The predicted molar refractivity (Wildman–Crippen MR) is 103 cm³/mol. The third kappa shape index (κ3) is 3.09. The van der Waals surface area contributed by atoms with Gasteiger partial charge in [-0.3, -0.25) is 0 Å². The van der Waals surface area contributed by atoms with E-state index in [0.717, 1.165) is 49.3 Å². The van der Waals surface area contributed by atoms with Gasteiger partial charge in [0.2, 0.25) is 0 Å². The maximum Gasteiger partial charge on any atom is 0.142 e. The molecule has 0 amide bonds. The van der Waals surface area contributed by atoms with Crippen LogP contribution in [-0.2, 0) is 16.1 Å². The predicted octanol–water partition coefficient (Wildman–Crippen LogP) is 2.29. The van der Waals surface area contributed by atoms with Gasteiger partial charge in [-0.05, 0) is 39.2 Å². The average Bonchev–Trinajstić information content (AvgIpc) is 3.08. The van der Waals surface area contributed by atoms with Crippen LogP contribution >= 0.6 is 0 Å². The van der Waals surface area contributed by atoms with Crippen molar-refractivity contribution in [2.45, 2.75) is 43.9 Å². The Kier molecular flexibility index (Phi) is 4.85. The van der Waals surface area contributed by atoms with Crippen LogP contribution in [0.3, 0.4) is 0 Å². The second-order valence-electron chi connectivity index (χ2n) is 7.82. The molecule has 2 aromatic rings. The highest BCUT2D eigenvalue weighted by Gasteiger charge is 2.51. The van der Waals surface area contributed by atoms with Crippen LogP contribution < -0.4 is 4.90 Å². The van der Waals surface area contributed by atoms with Gasteiger partial charge in [-0.25, -0.2) is 9.97 Å². The Bertz CT molecular complexity index is 755. The summed E-state index contributed by atoms with van der Waals surface area (Å²) in [4.78, 5) is 14.1. The first kappa shape index (κ1) is 18.0. The molecular weight excluding hydrogens is 350 g/mol. The van der Waals surface area contributed by atoms with Crippen LogP contribution in [-0.4, -0.2) is 61.5 Å². The standard InChI is InChI=1S/C18H27N5O2S/c1-18(2,26(24)23-7-4-8-25-12-23)13-9-14(10-13)22(3)17-15-5-6-19-16(15)20-11-21-17/h5-6,11,13-14H,4,7-10,12H2,1-3H3,(H,19,20,21)/t13-,14+,26?. The highest BCUT2D eigenvalue weighted by molar-refractivity contribution is 7.90. The molecule has 142 valence electrons. The van der Waals surface area contributed by atoms with Crippen molar-refractivity contribution in [3.63, 3.8) is 0 Å². The number of nitrogens with one attached hydrogen (secondary N) is 1. The van der Waals surface area contributed by atoms with E-state index in [1.54, 1.807) is 6.33 Å². The largest absolute Gasteiger partial charge is 0.597 e. The molecule has 3 heterocycles. The molecule has 1 aliphatic heterocycles. The van der Waals surface area contributed by atoms with Gasteiger partial charge in [0.25, 0.3) is 0 Å². The Morgan fingerprint density at radius 3 is 2.92 bits per heavy atom. The molecule has 1 aliphatic carbocycles. The van der Waals surface area contributed by atoms with Gasteiger partial charge in [0.15, 0.2) is 0 Å².